The molecule has 29 heavy (non-hydrogen) atoms. The van der Waals surface area contributed by atoms with Crippen molar-refractivity contribution in [3.05, 3.63) is 72.3 Å². The zero-order valence-electron chi connectivity index (χ0n) is 16.1. The molecule has 0 saturated carbocycles. The number of carbonyl (C=O) groups excluding carboxylic acids is 2. The highest BCUT2D eigenvalue weighted by Crippen LogP contribution is 2.23. The van der Waals surface area contributed by atoms with Crippen LogP contribution in [0.25, 0.3) is 0 Å². The van der Waals surface area contributed by atoms with Crippen molar-refractivity contribution in [3.8, 4) is 0 Å². The molecular formula is C21H22N6O2. The number of carbonyl (C=O) groups is 2. The Morgan fingerprint density at radius 1 is 1.24 bits per heavy atom. The smallest absolute Gasteiger partial charge is 0.270 e. The van der Waals surface area contributed by atoms with Crippen molar-refractivity contribution < 1.29 is 9.59 Å². The quantitative estimate of drug-likeness (QED) is 0.671. The Labute approximate surface area is 168 Å². The Morgan fingerprint density at radius 3 is 2.83 bits per heavy atom. The predicted molar refractivity (Wildman–Crippen MR) is 109 cm³/mol. The van der Waals surface area contributed by atoms with Crippen molar-refractivity contribution in [2.75, 3.05) is 16.8 Å². The van der Waals surface area contributed by atoms with Crippen LogP contribution in [0.1, 0.15) is 22.5 Å². The standard InChI is InChI=1S/C21H22N6O2/c1-26-14-17(13-24-26)27-10-8-18(21(27)29)25-16-7-9-22-19(11-16)20(28)23-12-15-5-3-2-4-6-15/h2-7,9,11,13-14,18H,8,10,12H2,1H3,(H,22,25)(H,23,28). The molecule has 0 aliphatic carbocycles. The molecule has 1 aliphatic rings. The van der Waals surface area contributed by atoms with E-state index < -0.39 is 0 Å². The first-order chi connectivity index (χ1) is 14.1. The van der Waals surface area contributed by atoms with Gasteiger partial charge in [-0.3, -0.25) is 19.3 Å². The third-order valence-corrected chi connectivity index (χ3v) is 4.84. The van der Waals surface area contributed by atoms with Gasteiger partial charge >= 0.3 is 0 Å². The third kappa shape index (κ3) is 4.26. The molecule has 2 N–H and O–H groups in total. The van der Waals surface area contributed by atoms with Gasteiger partial charge in [0.2, 0.25) is 5.91 Å². The van der Waals surface area contributed by atoms with E-state index in [1.807, 2.05) is 43.6 Å². The number of aryl methyl sites for hydroxylation is 1. The lowest BCUT2D eigenvalue weighted by Gasteiger charge is -2.16. The van der Waals surface area contributed by atoms with E-state index >= 15 is 0 Å². The number of anilines is 2. The number of aromatic nitrogens is 3. The highest BCUT2D eigenvalue weighted by atomic mass is 16.2. The Morgan fingerprint density at radius 2 is 2.07 bits per heavy atom. The first-order valence-electron chi connectivity index (χ1n) is 9.45. The summed E-state index contributed by atoms with van der Waals surface area (Å²) in [6.07, 6.45) is 5.74. The minimum absolute atomic E-state index is 0.00936. The molecule has 1 aliphatic heterocycles. The molecule has 2 aromatic heterocycles. The number of hydrogen-bond donors (Lipinski definition) is 2. The van der Waals surface area contributed by atoms with Crippen LogP contribution in [0.2, 0.25) is 0 Å². The third-order valence-electron chi connectivity index (χ3n) is 4.84. The monoisotopic (exact) mass is 390 g/mol. The van der Waals surface area contributed by atoms with Gasteiger partial charge in [0.25, 0.3) is 5.91 Å². The summed E-state index contributed by atoms with van der Waals surface area (Å²) in [7, 11) is 1.82. The molecule has 1 atom stereocenters. The summed E-state index contributed by atoms with van der Waals surface area (Å²) in [5.74, 6) is -0.267. The van der Waals surface area contributed by atoms with Crippen molar-refractivity contribution in [1.82, 2.24) is 20.1 Å². The lowest BCUT2D eigenvalue weighted by Crippen LogP contribution is -2.33. The zero-order chi connectivity index (χ0) is 20.2. The van der Waals surface area contributed by atoms with Crippen molar-refractivity contribution in [2.45, 2.75) is 19.0 Å². The maximum atomic E-state index is 12.7. The molecule has 4 rings (SSSR count). The summed E-state index contributed by atoms with van der Waals surface area (Å²) < 4.78 is 1.67. The van der Waals surface area contributed by atoms with Crippen LogP contribution in [0.5, 0.6) is 0 Å². The summed E-state index contributed by atoms with van der Waals surface area (Å²) in [5.41, 5.74) is 2.80. The molecule has 2 amide bonds. The lowest BCUT2D eigenvalue weighted by atomic mass is 10.2. The second-order valence-corrected chi connectivity index (χ2v) is 6.95. The van der Waals surface area contributed by atoms with E-state index in [-0.39, 0.29) is 17.9 Å². The summed E-state index contributed by atoms with van der Waals surface area (Å²) in [5, 5.41) is 10.2. The molecule has 8 heteroatoms. The average molecular weight is 390 g/mol. The highest BCUT2D eigenvalue weighted by Gasteiger charge is 2.33. The van der Waals surface area contributed by atoms with Gasteiger partial charge in [0.1, 0.15) is 11.7 Å². The zero-order valence-corrected chi connectivity index (χ0v) is 16.1. The molecule has 1 aromatic carbocycles. The van der Waals surface area contributed by atoms with E-state index in [4.69, 9.17) is 0 Å². The van der Waals surface area contributed by atoms with Gasteiger partial charge in [0.15, 0.2) is 0 Å². The van der Waals surface area contributed by atoms with Gasteiger partial charge < -0.3 is 15.5 Å². The SMILES string of the molecule is Cn1cc(N2CCC(Nc3ccnc(C(=O)NCc4ccccc4)c3)C2=O)cn1. The molecule has 3 aromatic rings. The Hall–Kier alpha value is -3.68. The van der Waals surface area contributed by atoms with Gasteiger partial charge in [-0.25, -0.2) is 0 Å². The van der Waals surface area contributed by atoms with Gasteiger partial charge in [-0.05, 0) is 24.1 Å². The Balaban J connectivity index is 1.38. The van der Waals surface area contributed by atoms with Crippen LogP contribution in [-0.4, -0.2) is 39.2 Å². The van der Waals surface area contributed by atoms with Crippen LogP contribution in [0.15, 0.2) is 61.1 Å². The molecule has 0 bridgehead atoms. The molecule has 3 heterocycles. The Bertz CT molecular complexity index is 1020. The number of pyridine rings is 1. The van der Waals surface area contributed by atoms with E-state index in [0.29, 0.717) is 30.9 Å². The predicted octanol–water partition coefficient (Wildman–Crippen LogP) is 1.96. The van der Waals surface area contributed by atoms with E-state index in [9.17, 15) is 9.59 Å². The summed E-state index contributed by atoms with van der Waals surface area (Å²) in [6, 6.07) is 12.8. The van der Waals surface area contributed by atoms with Gasteiger partial charge in [-0.15, -0.1) is 0 Å². The maximum absolute atomic E-state index is 12.7. The summed E-state index contributed by atoms with van der Waals surface area (Å²) >= 11 is 0. The number of hydrogen-bond acceptors (Lipinski definition) is 5. The second-order valence-electron chi connectivity index (χ2n) is 6.95. The van der Waals surface area contributed by atoms with Crippen LogP contribution in [0.3, 0.4) is 0 Å². The van der Waals surface area contributed by atoms with Crippen LogP contribution in [-0.2, 0) is 18.4 Å². The fraction of sp³-hybridized carbons (Fsp3) is 0.238. The molecule has 8 nitrogen and oxygen atoms in total. The molecule has 148 valence electrons. The summed E-state index contributed by atoms with van der Waals surface area (Å²) in [4.78, 5) is 31.0. The van der Waals surface area contributed by atoms with E-state index in [1.165, 1.54) is 0 Å². The van der Waals surface area contributed by atoms with E-state index in [1.54, 1.807) is 34.1 Å². The van der Waals surface area contributed by atoms with E-state index in [2.05, 4.69) is 20.7 Å². The molecule has 1 fully saturated rings. The number of benzene rings is 1. The number of rotatable bonds is 6. The lowest BCUT2D eigenvalue weighted by molar-refractivity contribution is -0.117. The van der Waals surface area contributed by atoms with E-state index in [0.717, 1.165) is 11.3 Å². The average Bonchev–Trinajstić information content (AvgIpc) is 3.33. The van der Waals surface area contributed by atoms with Crippen molar-refractivity contribution in [2.24, 2.45) is 7.05 Å². The number of nitrogens with zero attached hydrogens (tertiary/aromatic N) is 4. The first kappa shape index (κ1) is 18.7. The van der Waals surface area contributed by atoms with Crippen molar-refractivity contribution in [1.29, 1.82) is 0 Å². The van der Waals surface area contributed by atoms with Gasteiger partial charge in [-0.1, -0.05) is 30.3 Å². The van der Waals surface area contributed by atoms with Crippen molar-refractivity contribution >= 4 is 23.2 Å². The van der Waals surface area contributed by atoms with Gasteiger partial charge in [-0.2, -0.15) is 5.10 Å². The molecule has 0 radical (unpaired) electrons. The largest absolute Gasteiger partial charge is 0.374 e. The topological polar surface area (TPSA) is 92.2 Å². The summed E-state index contributed by atoms with van der Waals surface area (Å²) in [6.45, 7) is 1.05. The van der Waals surface area contributed by atoms with Crippen LogP contribution in [0.4, 0.5) is 11.4 Å². The normalized spacial score (nSPS) is 16.1. The molecule has 1 saturated heterocycles. The maximum Gasteiger partial charge on any atom is 0.270 e. The number of nitrogens with one attached hydrogen (secondary N) is 2. The Kier molecular flexibility index (Phi) is 5.24. The fourth-order valence-electron chi connectivity index (χ4n) is 3.33. The van der Waals surface area contributed by atoms with Crippen LogP contribution < -0.4 is 15.5 Å². The van der Waals surface area contributed by atoms with Crippen molar-refractivity contribution in [3.63, 3.8) is 0 Å². The number of amides is 2. The fourth-order valence-corrected chi connectivity index (χ4v) is 3.33. The van der Waals surface area contributed by atoms with Crippen LogP contribution >= 0.6 is 0 Å². The van der Waals surface area contributed by atoms with Crippen LogP contribution in [0, 0.1) is 0 Å². The highest BCUT2D eigenvalue weighted by molar-refractivity contribution is 6.01. The minimum atomic E-state index is -0.349. The first-order valence-corrected chi connectivity index (χ1v) is 9.45. The molecule has 0 spiro atoms. The van der Waals surface area contributed by atoms with Gasteiger partial charge in [0, 0.05) is 38.2 Å². The molecule has 1 unspecified atom stereocenters. The molecular weight excluding hydrogens is 368 g/mol. The second kappa shape index (κ2) is 8.14. The minimum Gasteiger partial charge on any atom is -0.374 e. The van der Waals surface area contributed by atoms with Gasteiger partial charge in [0.05, 0.1) is 11.9 Å².